The standard InChI is InChI=1S/C19H15F3N2O4/c1-27-15-7-11(8-16(28-2)17(15)25)6-12(10-23)18(26)24-14-5-3-4-13(9-14)19(20,21)22/h3-9,25H,1-2H3,(H,24,26)/b12-6-. The fourth-order valence-corrected chi connectivity index (χ4v) is 2.28. The number of carbonyl (C=O) groups excluding carboxylic acids is 1. The highest BCUT2D eigenvalue weighted by molar-refractivity contribution is 6.09. The molecule has 0 aliphatic heterocycles. The Bertz CT molecular complexity index is 937. The Labute approximate surface area is 158 Å². The van der Waals surface area contributed by atoms with Crippen LogP contribution in [0.4, 0.5) is 18.9 Å². The number of nitrogens with zero attached hydrogens (tertiary/aromatic N) is 1. The first-order valence-electron chi connectivity index (χ1n) is 7.75. The van der Waals surface area contributed by atoms with Crippen molar-refractivity contribution < 1.29 is 32.5 Å². The number of benzene rings is 2. The SMILES string of the molecule is COc1cc(/C=C(/C#N)C(=O)Nc2cccc(C(F)(F)F)c2)cc(OC)c1O. The Morgan fingerprint density at radius 1 is 1.18 bits per heavy atom. The topological polar surface area (TPSA) is 91.6 Å². The fraction of sp³-hybridized carbons (Fsp3) is 0.158. The number of methoxy groups -OCH3 is 2. The molecule has 0 saturated carbocycles. The Kier molecular flexibility index (Phi) is 6.15. The number of amides is 1. The second-order valence-corrected chi connectivity index (χ2v) is 5.48. The van der Waals surface area contributed by atoms with Gasteiger partial charge in [-0.05, 0) is 42.0 Å². The van der Waals surface area contributed by atoms with E-state index in [0.29, 0.717) is 5.56 Å². The summed E-state index contributed by atoms with van der Waals surface area (Å²) in [5.74, 6) is -1.04. The summed E-state index contributed by atoms with van der Waals surface area (Å²) in [5, 5.41) is 21.4. The van der Waals surface area contributed by atoms with Crippen molar-refractivity contribution in [3.05, 3.63) is 53.1 Å². The predicted octanol–water partition coefficient (Wildman–Crippen LogP) is 3.97. The van der Waals surface area contributed by atoms with Gasteiger partial charge in [0.05, 0.1) is 19.8 Å². The smallest absolute Gasteiger partial charge is 0.416 e. The van der Waals surface area contributed by atoms with Crippen LogP contribution >= 0.6 is 0 Å². The maximum absolute atomic E-state index is 12.8. The van der Waals surface area contributed by atoms with E-state index in [1.54, 1.807) is 6.07 Å². The molecule has 28 heavy (non-hydrogen) atoms. The molecule has 146 valence electrons. The molecule has 2 rings (SSSR count). The molecule has 1 amide bonds. The summed E-state index contributed by atoms with van der Waals surface area (Å²) < 4.78 is 48.3. The summed E-state index contributed by atoms with van der Waals surface area (Å²) >= 11 is 0. The number of ether oxygens (including phenoxy) is 2. The number of alkyl halides is 3. The van der Waals surface area contributed by atoms with Gasteiger partial charge in [-0.25, -0.2) is 0 Å². The Hall–Kier alpha value is -3.67. The van der Waals surface area contributed by atoms with Crippen molar-refractivity contribution in [3.8, 4) is 23.3 Å². The van der Waals surface area contributed by atoms with E-state index in [1.165, 1.54) is 38.5 Å². The molecule has 2 aromatic carbocycles. The van der Waals surface area contributed by atoms with Gasteiger partial charge in [-0.2, -0.15) is 18.4 Å². The van der Waals surface area contributed by atoms with Crippen LogP contribution in [0.1, 0.15) is 11.1 Å². The molecule has 0 saturated heterocycles. The van der Waals surface area contributed by atoms with Crippen LogP contribution in [-0.2, 0) is 11.0 Å². The highest BCUT2D eigenvalue weighted by atomic mass is 19.4. The zero-order valence-electron chi connectivity index (χ0n) is 14.8. The number of phenols is 1. The quantitative estimate of drug-likeness (QED) is 0.593. The molecule has 0 heterocycles. The minimum absolute atomic E-state index is 0.0566. The van der Waals surface area contributed by atoms with E-state index in [4.69, 9.17) is 9.47 Å². The molecule has 2 N–H and O–H groups in total. The van der Waals surface area contributed by atoms with Crippen molar-refractivity contribution in [3.63, 3.8) is 0 Å². The Morgan fingerprint density at radius 3 is 2.29 bits per heavy atom. The van der Waals surface area contributed by atoms with E-state index in [-0.39, 0.29) is 28.5 Å². The average Bonchev–Trinajstić information content (AvgIpc) is 2.66. The number of rotatable bonds is 5. The third kappa shape index (κ3) is 4.73. The summed E-state index contributed by atoms with van der Waals surface area (Å²) in [6, 6.07) is 8.47. The first kappa shape index (κ1) is 20.6. The normalized spacial score (nSPS) is 11.5. The molecule has 2 aromatic rings. The first-order chi connectivity index (χ1) is 13.2. The molecular formula is C19H15F3N2O4. The average molecular weight is 392 g/mol. The summed E-state index contributed by atoms with van der Waals surface area (Å²) in [6.07, 6.45) is -3.37. The Morgan fingerprint density at radius 2 is 1.79 bits per heavy atom. The van der Waals surface area contributed by atoms with Crippen LogP contribution in [0.5, 0.6) is 17.2 Å². The lowest BCUT2D eigenvalue weighted by Crippen LogP contribution is -2.14. The number of carbonyl (C=O) groups is 1. The zero-order chi connectivity index (χ0) is 20.9. The van der Waals surface area contributed by atoms with E-state index < -0.39 is 17.6 Å². The van der Waals surface area contributed by atoms with Gasteiger partial charge >= 0.3 is 6.18 Å². The third-order valence-corrected chi connectivity index (χ3v) is 3.63. The molecule has 0 aliphatic carbocycles. The van der Waals surface area contributed by atoms with Crippen LogP contribution in [0, 0.1) is 11.3 Å². The second kappa shape index (κ2) is 8.35. The maximum atomic E-state index is 12.8. The number of halogens is 3. The van der Waals surface area contributed by atoms with Crippen LogP contribution in [-0.4, -0.2) is 25.2 Å². The Balaban J connectivity index is 2.33. The van der Waals surface area contributed by atoms with E-state index in [0.717, 1.165) is 18.2 Å². The molecule has 0 spiro atoms. The van der Waals surface area contributed by atoms with E-state index in [9.17, 15) is 28.3 Å². The third-order valence-electron chi connectivity index (χ3n) is 3.63. The van der Waals surface area contributed by atoms with Crippen LogP contribution in [0.15, 0.2) is 42.0 Å². The second-order valence-electron chi connectivity index (χ2n) is 5.48. The minimum atomic E-state index is -4.56. The largest absolute Gasteiger partial charge is 0.502 e. The number of nitrogens with one attached hydrogen (secondary N) is 1. The highest BCUT2D eigenvalue weighted by Gasteiger charge is 2.30. The molecule has 0 unspecified atom stereocenters. The lowest BCUT2D eigenvalue weighted by Gasteiger charge is -2.11. The van der Waals surface area contributed by atoms with Crippen molar-refractivity contribution in [1.29, 1.82) is 5.26 Å². The number of nitriles is 1. The lowest BCUT2D eigenvalue weighted by atomic mass is 10.1. The zero-order valence-corrected chi connectivity index (χ0v) is 14.8. The van der Waals surface area contributed by atoms with Gasteiger partial charge in [0.1, 0.15) is 11.6 Å². The van der Waals surface area contributed by atoms with Gasteiger partial charge in [-0.3, -0.25) is 4.79 Å². The summed E-state index contributed by atoms with van der Waals surface area (Å²) in [6.45, 7) is 0. The van der Waals surface area contributed by atoms with E-state index in [1.807, 2.05) is 0 Å². The molecule has 6 nitrogen and oxygen atoms in total. The van der Waals surface area contributed by atoms with Gasteiger partial charge in [0.25, 0.3) is 5.91 Å². The van der Waals surface area contributed by atoms with Crippen LogP contribution in [0.2, 0.25) is 0 Å². The van der Waals surface area contributed by atoms with Crippen molar-refractivity contribution in [2.24, 2.45) is 0 Å². The van der Waals surface area contributed by atoms with Gasteiger partial charge in [0.15, 0.2) is 11.5 Å². The molecule has 0 aromatic heterocycles. The van der Waals surface area contributed by atoms with Gasteiger partial charge in [-0.1, -0.05) is 6.07 Å². The van der Waals surface area contributed by atoms with Crippen molar-refractivity contribution in [1.82, 2.24) is 0 Å². The van der Waals surface area contributed by atoms with Gasteiger partial charge in [0.2, 0.25) is 5.75 Å². The monoisotopic (exact) mass is 392 g/mol. The van der Waals surface area contributed by atoms with E-state index in [2.05, 4.69) is 5.32 Å². The van der Waals surface area contributed by atoms with Crippen LogP contribution in [0.3, 0.4) is 0 Å². The maximum Gasteiger partial charge on any atom is 0.416 e. The summed E-state index contributed by atoms with van der Waals surface area (Å²) in [7, 11) is 2.63. The number of aromatic hydroxyl groups is 1. The molecule has 0 fully saturated rings. The number of hydrogen-bond donors (Lipinski definition) is 2. The number of phenolic OH excluding ortho intramolecular Hbond substituents is 1. The highest BCUT2D eigenvalue weighted by Crippen LogP contribution is 2.37. The number of hydrogen-bond acceptors (Lipinski definition) is 5. The van der Waals surface area contributed by atoms with Gasteiger partial charge < -0.3 is 19.9 Å². The van der Waals surface area contributed by atoms with Crippen molar-refractivity contribution in [2.75, 3.05) is 19.5 Å². The minimum Gasteiger partial charge on any atom is -0.502 e. The molecule has 0 bridgehead atoms. The molecule has 0 aliphatic rings. The van der Waals surface area contributed by atoms with Crippen molar-refractivity contribution in [2.45, 2.75) is 6.18 Å². The molecule has 0 radical (unpaired) electrons. The van der Waals surface area contributed by atoms with Crippen molar-refractivity contribution >= 4 is 17.7 Å². The predicted molar refractivity (Wildman–Crippen MR) is 94.9 cm³/mol. The first-order valence-corrected chi connectivity index (χ1v) is 7.75. The fourth-order valence-electron chi connectivity index (χ4n) is 2.28. The summed E-state index contributed by atoms with van der Waals surface area (Å²) in [4.78, 5) is 12.3. The van der Waals surface area contributed by atoms with E-state index >= 15 is 0 Å². The molecule has 9 heteroatoms. The molecule has 0 atom stereocenters. The van der Waals surface area contributed by atoms with Crippen LogP contribution in [0.25, 0.3) is 6.08 Å². The van der Waals surface area contributed by atoms with Gasteiger partial charge in [-0.15, -0.1) is 0 Å². The molecular weight excluding hydrogens is 377 g/mol. The van der Waals surface area contributed by atoms with Gasteiger partial charge in [0, 0.05) is 5.69 Å². The summed E-state index contributed by atoms with van der Waals surface area (Å²) in [5.41, 5.74) is -1.10. The lowest BCUT2D eigenvalue weighted by molar-refractivity contribution is -0.137. The number of anilines is 1. The van der Waals surface area contributed by atoms with Crippen LogP contribution < -0.4 is 14.8 Å².